The second-order valence-electron chi connectivity index (χ2n) is 6.97. The lowest BCUT2D eigenvalue weighted by atomic mass is 10.0. The molecule has 0 aromatic carbocycles. The first-order chi connectivity index (χ1) is 12.7. The van der Waals surface area contributed by atoms with Gasteiger partial charge in [-0.05, 0) is 32.6 Å². The maximum Gasteiger partial charge on any atom is 0.469 e. The number of nitrogens with zero attached hydrogens (tertiary/aromatic N) is 1. The first kappa shape index (κ1) is 26.3. The third-order valence-electron chi connectivity index (χ3n) is 4.72. The predicted molar refractivity (Wildman–Crippen MR) is 107 cm³/mol. The minimum absolute atomic E-state index is 0.0322. The van der Waals surface area contributed by atoms with Crippen molar-refractivity contribution in [1.82, 2.24) is 0 Å². The number of hydrogen-bond donors (Lipinski definition) is 2. The fourth-order valence-corrected chi connectivity index (χ4v) is 4.24. The van der Waals surface area contributed by atoms with Crippen LogP contribution in [0.5, 0.6) is 0 Å². The van der Waals surface area contributed by atoms with E-state index in [9.17, 15) is 9.36 Å². The van der Waals surface area contributed by atoms with Gasteiger partial charge in [-0.3, -0.25) is 4.52 Å². The van der Waals surface area contributed by atoms with Gasteiger partial charge in [0.1, 0.15) is 0 Å². The number of esters is 1. The molecule has 0 aliphatic rings. The fourth-order valence-electron chi connectivity index (χ4n) is 3.89. The van der Waals surface area contributed by atoms with Crippen molar-refractivity contribution >= 4 is 13.8 Å². The third kappa shape index (κ3) is 11.7. The van der Waals surface area contributed by atoms with Gasteiger partial charge in [-0.25, -0.2) is 9.36 Å². The van der Waals surface area contributed by atoms with Gasteiger partial charge in [0.25, 0.3) is 0 Å². The van der Waals surface area contributed by atoms with Crippen LogP contribution in [0.4, 0.5) is 0 Å². The second kappa shape index (κ2) is 14.3. The topological polar surface area (TPSA) is 93.1 Å². The minimum Gasteiger partial charge on any atom is -0.463 e. The number of allylic oxidation sites excluding steroid dienone is 1. The molecule has 0 rings (SSSR count). The molecule has 1 unspecified atom stereocenters. The number of carbonyl (C=O) groups is 1. The van der Waals surface area contributed by atoms with Crippen molar-refractivity contribution < 1.29 is 32.9 Å². The molecule has 8 heteroatoms. The van der Waals surface area contributed by atoms with Crippen LogP contribution >= 0.6 is 7.82 Å². The van der Waals surface area contributed by atoms with E-state index in [2.05, 4.69) is 20.8 Å². The molecule has 0 spiro atoms. The van der Waals surface area contributed by atoms with Crippen molar-refractivity contribution in [2.24, 2.45) is 0 Å². The third-order valence-corrected chi connectivity index (χ3v) is 5.24. The summed E-state index contributed by atoms with van der Waals surface area (Å²) in [5.74, 6) is -0.338. The highest BCUT2D eigenvalue weighted by molar-refractivity contribution is 7.46. The second-order valence-corrected chi connectivity index (χ2v) is 8.20. The summed E-state index contributed by atoms with van der Waals surface area (Å²) in [5, 5.41) is 0. The van der Waals surface area contributed by atoms with Crippen molar-refractivity contribution in [3.8, 4) is 0 Å². The lowest BCUT2D eigenvalue weighted by Gasteiger charge is -2.45. The molecule has 2 N–H and O–H groups in total. The van der Waals surface area contributed by atoms with Gasteiger partial charge >= 0.3 is 13.8 Å². The average molecular weight is 408 g/mol. The van der Waals surface area contributed by atoms with Crippen molar-refractivity contribution in [2.75, 3.05) is 32.8 Å². The van der Waals surface area contributed by atoms with E-state index >= 15 is 0 Å². The van der Waals surface area contributed by atoms with Gasteiger partial charge in [-0.15, -0.1) is 0 Å². The van der Waals surface area contributed by atoms with Crippen LogP contribution in [0.3, 0.4) is 0 Å². The van der Waals surface area contributed by atoms with Crippen molar-refractivity contribution in [3.05, 3.63) is 12.2 Å². The van der Waals surface area contributed by atoms with Gasteiger partial charge in [-0.2, -0.15) is 0 Å². The Bertz CT molecular complexity index is 460. The Morgan fingerprint density at radius 3 is 2.04 bits per heavy atom. The Morgan fingerprint density at radius 1 is 1.04 bits per heavy atom. The zero-order valence-electron chi connectivity index (χ0n) is 17.4. The lowest BCUT2D eigenvalue weighted by Crippen LogP contribution is -2.57. The van der Waals surface area contributed by atoms with Crippen LogP contribution in [0.15, 0.2) is 12.2 Å². The van der Waals surface area contributed by atoms with E-state index in [1.165, 1.54) is 6.08 Å². The summed E-state index contributed by atoms with van der Waals surface area (Å²) in [6.07, 6.45) is 8.32. The monoisotopic (exact) mass is 408 g/mol. The highest BCUT2D eigenvalue weighted by Crippen LogP contribution is 2.36. The van der Waals surface area contributed by atoms with E-state index in [1.54, 1.807) is 13.0 Å². The Morgan fingerprint density at radius 2 is 1.59 bits per heavy atom. The maximum absolute atomic E-state index is 11.5. The van der Waals surface area contributed by atoms with Crippen LogP contribution < -0.4 is 0 Å². The molecule has 0 aliphatic carbocycles. The Hall–Kier alpha value is -0.720. The van der Waals surface area contributed by atoms with Crippen molar-refractivity contribution in [3.63, 3.8) is 0 Å². The summed E-state index contributed by atoms with van der Waals surface area (Å²) in [7, 11) is -4.46. The summed E-state index contributed by atoms with van der Waals surface area (Å²) in [4.78, 5) is 29.4. The standard InChI is InChI=1S/C19H38NO6P/c1-5-10-19(21)25-16-9-11-18(12-17-26-27(22,23)24)20(13-6-2,14-7-3)15-8-4/h5,10,18H,6-9,11-17H2,1-4H3,(H-,22,23,24)/p+1. The first-order valence-electron chi connectivity index (χ1n) is 10.1. The molecule has 0 aliphatic heterocycles. The lowest BCUT2D eigenvalue weighted by molar-refractivity contribution is -0.952. The average Bonchev–Trinajstić information content (AvgIpc) is 2.56. The van der Waals surface area contributed by atoms with Gasteiger partial charge in [0, 0.05) is 18.9 Å². The van der Waals surface area contributed by atoms with Crippen LogP contribution in [0.1, 0.15) is 66.2 Å². The molecule has 160 valence electrons. The van der Waals surface area contributed by atoms with E-state index in [0.29, 0.717) is 13.0 Å². The van der Waals surface area contributed by atoms with Crippen molar-refractivity contribution in [2.45, 2.75) is 72.3 Å². The zero-order chi connectivity index (χ0) is 20.8. The largest absolute Gasteiger partial charge is 0.469 e. The van der Waals surface area contributed by atoms with Crippen LogP contribution in [-0.2, 0) is 18.6 Å². The Labute approximate surface area is 164 Å². The number of ether oxygens (including phenoxy) is 1. The molecule has 0 heterocycles. The van der Waals surface area contributed by atoms with Gasteiger partial charge in [0.05, 0.1) is 38.9 Å². The van der Waals surface area contributed by atoms with Crippen LogP contribution in [-0.4, -0.2) is 59.1 Å². The minimum atomic E-state index is -4.46. The summed E-state index contributed by atoms with van der Waals surface area (Å²) >= 11 is 0. The molecule has 0 radical (unpaired) electrons. The smallest absolute Gasteiger partial charge is 0.463 e. The van der Waals surface area contributed by atoms with Crippen LogP contribution in [0.2, 0.25) is 0 Å². The fraction of sp³-hybridized carbons (Fsp3) is 0.842. The number of carbonyl (C=O) groups excluding carboxylic acids is 1. The summed E-state index contributed by atoms with van der Waals surface area (Å²) in [5.41, 5.74) is 0. The van der Waals surface area contributed by atoms with Crippen LogP contribution in [0.25, 0.3) is 0 Å². The molecular weight excluding hydrogens is 369 g/mol. The molecule has 0 aromatic rings. The normalized spacial score (nSPS) is 13.9. The van der Waals surface area contributed by atoms with Gasteiger partial charge in [0.2, 0.25) is 0 Å². The summed E-state index contributed by atoms with van der Waals surface area (Å²) < 4.78 is 21.9. The van der Waals surface area contributed by atoms with E-state index in [-0.39, 0.29) is 18.6 Å². The summed E-state index contributed by atoms with van der Waals surface area (Å²) in [6.45, 7) is 11.7. The van der Waals surface area contributed by atoms with Gasteiger partial charge < -0.3 is 19.0 Å². The molecular formula is C19H39NO6P+. The number of phosphoric acid groups is 1. The molecule has 1 atom stereocenters. The number of quaternary nitrogens is 1. The van der Waals surface area contributed by atoms with E-state index in [0.717, 1.165) is 56.2 Å². The summed E-state index contributed by atoms with van der Waals surface area (Å²) in [6, 6.07) is 0.219. The number of hydrogen-bond acceptors (Lipinski definition) is 4. The van der Waals surface area contributed by atoms with Crippen LogP contribution in [0, 0.1) is 0 Å². The molecule has 0 bridgehead atoms. The number of rotatable bonds is 16. The van der Waals surface area contributed by atoms with E-state index < -0.39 is 7.82 Å². The maximum atomic E-state index is 11.5. The molecule has 0 saturated heterocycles. The van der Waals surface area contributed by atoms with Crippen molar-refractivity contribution in [1.29, 1.82) is 0 Å². The predicted octanol–water partition coefficient (Wildman–Crippen LogP) is 3.80. The Kier molecular flexibility index (Phi) is 13.9. The number of phosphoric ester groups is 1. The molecule has 0 amide bonds. The molecule has 0 saturated carbocycles. The van der Waals surface area contributed by atoms with E-state index in [1.807, 2.05) is 0 Å². The van der Waals surface area contributed by atoms with Gasteiger partial charge in [-0.1, -0.05) is 26.8 Å². The first-order valence-corrected chi connectivity index (χ1v) is 11.6. The molecule has 7 nitrogen and oxygen atoms in total. The Balaban J connectivity index is 5.08. The SMILES string of the molecule is CC=CC(=O)OCCCC(CCOP(=O)(O)O)[N+](CCC)(CCC)CCC. The molecule has 0 fully saturated rings. The zero-order valence-corrected chi connectivity index (χ0v) is 18.3. The van der Waals surface area contributed by atoms with E-state index in [4.69, 9.17) is 19.0 Å². The quantitative estimate of drug-likeness (QED) is 0.133. The molecule has 27 heavy (non-hydrogen) atoms. The van der Waals surface area contributed by atoms with Gasteiger partial charge in [0.15, 0.2) is 0 Å². The highest BCUT2D eigenvalue weighted by atomic mass is 31.2. The molecule has 0 aromatic heterocycles. The highest BCUT2D eigenvalue weighted by Gasteiger charge is 2.34.